The Balaban J connectivity index is 2.00. The molecule has 0 aliphatic rings. The largest absolute Gasteiger partial charge is 0.496 e. The summed E-state index contributed by atoms with van der Waals surface area (Å²) in [6, 6.07) is 12.3. The van der Waals surface area contributed by atoms with Crippen molar-refractivity contribution < 1.29 is 19.1 Å². The van der Waals surface area contributed by atoms with E-state index in [0.29, 0.717) is 21.9 Å². The maximum absolute atomic E-state index is 12.2. The molecule has 0 radical (unpaired) electrons. The molecule has 0 fully saturated rings. The smallest absolute Gasteiger partial charge is 0.319 e. The van der Waals surface area contributed by atoms with Crippen LogP contribution in [0, 0.1) is 0 Å². The van der Waals surface area contributed by atoms with E-state index in [1.807, 2.05) is 12.1 Å². The van der Waals surface area contributed by atoms with Crippen LogP contribution < -0.4 is 4.74 Å². The van der Waals surface area contributed by atoms with Crippen molar-refractivity contribution in [2.75, 3.05) is 7.11 Å². The number of hydrogen-bond donors (Lipinski definition) is 0. The van der Waals surface area contributed by atoms with Gasteiger partial charge >= 0.3 is 5.97 Å². The first-order valence-corrected chi connectivity index (χ1v) is 8.93. The lowest BCUT2D eigenvalue weighted by molar-refractivity contribution is -0.143. The van der Waals surface area contributed by atoms with Crippen molar-refractivity contribution in [3.8, 4) is 5.75 Å². The third kappa shape index (κ3) is 5.51. The van der Waals surface area contributed by atoms with Crippen LogP contribution in [0.3, 0.4) is 0 Å². The second-order valence-corrected chi connectivity index (χ2v) is 7.26. The summed E-state index contributed by atoms with van der Waals surface area (Å²) >= 11 is 7.25. The molecule has 0 spiro atoms. The quantitative estimate of drug-likeness (QED) is 0.394. The molecule has 0 aliphatic heterocycles. The second kappa shape index (κ2) is 8.92. The fourth-order valence-corrected chi connectivity index (χ4v) is 3.13. The third-order valence-electron chi connectivity index (χ3n) is 3.52. The number of carbonyl (C=O) groups is 2. The maximum Gasteiger partial charge on any atom is 0.319 e. The lowest BCUT2D eigenvalue weighted by Gasteiger charge is -2.13. The first-order chi connectivity index (χ1) is 11.9. The van der Waals surface area contributed by atoms with Crippen molar-refractivity contribution in [1.82, 2.24) is 0 Å². The minimum absolute atomic E-state index is 0.0502. The van der Waals surface area contributed by atoms with E-state index in [2.05, 4.69) is 0 Å². The molecule has 0 unspecified atom stereocenters. The molecule has 2 aromatic rings. The van der Waals surface area contributed by atoms with Gasteiger partial charge < -0.3 is 9.47 Å². The molecule has 0 saturated heterocycles. The van der Waals surface area contributed by atoms with Gasteiger partial charge in [-0.15, -0.1) is 11.8 Å². The minimum Gasteiger partial charge on any atom is -0.496 e. The van der Waals surface area contributed by atoms with Crippen LogP contribution in [0.2, 0.25) is 5.02 Å². The van der Waals surface area contributed by atoms with Crippen LogP contribution in [0.1, 0.15) is 29.8 Å². The monoisotopic (exact) mass is 378 g/mol. The summed E-state index contributed by atoms with van der Waals surface area (Å²) in [6.45, 7) is 3.32. The van der Waals surface area contributed by atoms with E-state index in [4.69, 9.17) is 21.1 Å². The second-order valence-electron chi connectivity index (χ2n) is 5.40. The Morgan fingerprint density at radius 3 is 2.44 bits per heavy atom. The number of ketones is 1. The number of carbonyl (C=O) groups excluding carboxylic acids is 2. The van der Waals surface area contributed by atoms with Crippen LogP contribution in [0.15, 0.2) is 47.4 Å². The van der Waals surface area contributed by atoms with Crippen molar-refractivity contribution >= 4 is 35.1 Å². The Morgan fingerprint density at radius 1 is 1.16 bits per heavy atom. The molecule has 4 nitrogen and oxygen atoms in total. The first kappa shape index (κ1) is 19.3. The average molecular weight is 379 g/mol. The number of rotatable bonds is 7. The van der Waals surface area contributed by atoms with Crippen molar-refractivity contribution in [3.63, 3.8) is 0 Å². The minimum atomic E-state index is -0.372. The van der Waals surface area contributed by atoms with E-state index in [1.54, 1.807) is 37.3 Å². The molecule has 0 heterocycles. The number of Topliss-reactive ketones (excluding diaryl/α,β-unsaturated/α-hetero) is 1. The van der Waals surface area contributed by atoms with Crippen molar-refractivity contribution in [3.05, 3.63) is 58.6 Å². The maximum atomic E-state index is 12.2. The summed E-state index contributed by atoms with van der Waals surface area (Å²) in [5, 5.41) is 0.278. The van der Waals surface area contributed by atoms with Crippen LogP contribution in [0.5, 0.6) is 5.75 Å². The Bertz CT molecular complexity index is 759. The van der Waals surface area contributed by atoms with Gasteiger partial charge in [-0.1, -0.05) is 11.6 Å². The standard InChI is InChI=1S/C19H19ClO4S/c1-12(21)14-4-9-18(23-3)15(10-14)11-24-19(22)13(2)25-17-7-5-16(20)6-8-17/h4-10,13H,11H2,1-3H3/t13-/m1/s1. The number of esters is 1. The van der Waals surface area contributed by atoms with Crippen LogP contribution in [0.25, 0.3) is 0 Å². The van der Waals surface area contributed by atoms with Gasteiger partial charge in [0.25, 0.3) is 0 Å². The van der Waals surface area contributed by atoms with Crippen LogP contribution in [-0.4, -0.2) is 24.1 Å². The molecule has 0 bridgehead atoms. The summed E-state index contributed by atoms with van der Waals surface area (Å²) in [6.07, 6.45) is 0. The molecule has 2 aromatic carbocycles. The molecule has 6 heteroatoms. The number of methoxy groups -OCH3 is 1. The first-order valence-electron chi connectivity index (χ1n) is 7.67. The van der Waals surface area contributed by atoms with Crippen LogP contribution in [0.4, 0.5) is 0 Å². The van der Waals surface area contributed by atoms with E-state index in [-0.39, 0.29) is 23.6 Å². The van der Waals surface area contributed by atoms with Gasteiger partial charge in [0.15, 0.2) is 5.78 Å². The predicted molar refractivity (Wildman–Crippen MR) is 99.6 cm³/mol. The highest BCUT2D eigenvalue weighted by Gasteiger charge is 2.17. The Hall–Kier alpha value is -1.98. The van der Waals surface area contributed by atoms with Gasteiger partial charge in [0, 0.05) is 21.0 Å². The molecular formula is C19H19ClO4S. The molecule has 1 atom stereocenters. The van der Waals surface area contributed by atoms with Crippen molar-refractivity contribution in [1.29, 1.82) is 0 Å². The topological polar surface area (TPSA) is 52.6 Å². The highest BCUT2D eigenvalue weighted by molar-refractivity contribution is 8.00. The van der Waals surface area contributed by atoms with Crippen LogP contribution >= 0.6 is 23.4 Å². The zero-order valence-electron chi connectivity index (χ0n) is 14.2. The summed E-state index contributed by atoms with van der Waals surface area (Å²) < 4.78 is 10.6. The van der Waals surface area contributed by atoms with Gasteiger partial charge in [-0.05, 0) is 56.3 Å². The highest BCUT2D eigenvalue weighted by atomic mass is 35.5. The average Bonchev–Trinajstić information content (AvgIpc) is 2.61. The summed E-state index contributed by atoms with van der Waals surface area (Å²) in [5.74, 6) is 0.188. The molecule has 25 heavy (non-hydrogen) atoms. The van der Waals surface area contributed by atoms with E-state index in [9.17, 15) is 9.59 Å². The zero-order chi connectivity index (χ0) is 18.4. The Morgan fingerprint density at radius 2 is 1.84 bits per heavy atom. The Kier molecular flexibility index (Phi) is 6.91. The normalized spacial score (nSPS) is 11.7. The fraction of sp³-hybridized carbons (Fsp3) is 0.263. The van der Waals surface area contributed by atoms with E-state index in [0.717, 1.165) is 4.90 Å². The van der Waals surface area contributed by atoms with Crippen molar-refractivity contribution in [2.24, 2.45) is 0 Å². The summed E-state index contributed by atoms with van der Waals surface area (Å²) in [4.78, 5) is 24.7. The number of halogens is 1. The SMILES string of the molecule is COc1ccc(C(C)=O)cc1COC(=O)[C@@H](C)Sc1ccc(Cl)cc1. The number of hydrogen-bond acceptors (Lipinski definition) is 5. The van der Waals surface area contributed by atoms with Crippen LogP contribution in [-0.2, 0) is 16.1 Å². The lowest BCUT2D eigenvalue weighted by Crippen LogP contribution is -2.17. The van der Waals surface area contributed by atoms with E-state index < -0.39 is 0 Å². The predicted octanol–water partition coefficient (Wildman–Crippen LogP) is 4.78. The summed E-state index contributed by atoms with van der Waals surface area (Å²) in [7, 11) is 1.53. The molecular weight excluding hydrogens is 360 g/mol. The molecule has 0 saturated carbocycles. The van der Waals surface area contributed by atoms with Gasteiger partial charge in [-0.2, -0.15) is 0 Å². The van der Waals surface area contributed by atoms with Crippen molar-refractivity contribution in [2.45, 2.75) is 30.6 Å². The molecule has 132 valence electrons. The Labute approximate surface area is 156 Å². The molecule has 2 rings (SSSR count). The molecule has 0 amide bonds. The third-order valence-corrected chi connectivity index (χ3v) is 4.86. The molecule has 0 N–H and O–H groups in total. The van der Waals surface area contributed by atoms with Gasteiger partial charge in [0.1, 0.15) is 17.6 Å². The van der Waals surface area contributed by atoms with Gasteiger partial charge in [0.2, 0.25) is 0 Å². The zero-order valence-corrected chi connectivity index (χ0v) is 15.8. The summed E-state index contributed by atoms with van der Waals surface area (Å²) in [5.41, 5.74) is 1.21. The lowest BCUT2D eigenvalue weighted by atomic mass is 10.1. The molecule has 0 aliphatic carbocycles. The number of thioether (sulfide) groups is 1. The molecule has 0 aromatic heterocycles. The van der Waals surface area contributed by atoms with Gasteiger partial charge in [-0.3, -0.25) is 9.59 Å². The van der Waals surface area contributed by atoms with Gasteiger partial charge in [-0.25, -0.2) is 0 Å². The fourth-order valence-electron chi connectivity index (χ4n) is 2.14. The highest BCUT2D eigenvalue weighted by Crippen LogP contribution is 2.26. The number of ether oxygens (including phenoxy) is 2. The van der Waals surface area contributed by atoms with E-state index in [1.165, 1.54) is 25.8 Å². The van der Waals surface area contributed by atoms with E-state index >= 15 is 0 Å². The number of benzene rings is 2. The van der Waals surface area contributed by atoms with Gasteiger partial charge in [0.05, 0.1) is 7.11 Å².